The van der Waals surface area contributed by atoms with Gasteiger partial charge in [-0.05, 0) is 36.7 Å². The fourth-order valence-corrected chi connectivity index (χ4v) is 2.09. The molecule has 1 unspecified atom stereocenters. The van der Waals surface area contributed by atoms with Crippen LogP contribution in [0.25, 0.3) is 0 Å². The van der Waals surface area contributed by atoms with Gasteiger partial charge in [0, 0.05) is 12.8 Å². The van der Waals surface area contributed by atoms with Crippen molar-refractivity contribution in [2.75, 3.05) is 0 Å². The van der Waals surface area contributed by atoms with Crippen molar-refractivity contribution in [3.63, 3.8) is 0 Å². The molecule has 0 saturated heterocycles. The molecule has 0 bridgehead atoms. The average molecular weight is 224 g/mol. The Balaban J connectivity index is 2.44. The van der Waals surface area contributed by atoms with Crippen LogP contribution in [0.15, 0.2) is 11.8 Å². The van der Waals surface area contributed by atoms with Crippen LogP contribution in [-0.4, -0.2) is 5.97 Å². The summed E-state index contributed by atoms with van der Waals surface area (Å²) in [5.41, 5.74) is 0.357. The lowest BCUT2D eigenvalue weighted by Gasteiger charge is -2.32. The second-order valence-electron chi connectivity index (χ2n) is 5.73. The molecular formula is C14H24O2. The first-order valence-electron chi connectivity index (χ1n) is 6.33. The molecule has 2 heteroatoms. The molecule has 0 amide bonds. The van der Waals surface area contributed by atoms with Crippen molar-refractivity contribution in [3.05, 3.63) is 11.8 Å². The third-order valence-corrected chi connectivity index (χ3v) is 3.29. The molecule has 1 aliphatic carbocycles. The predicted octanol–water partition coefficient (Wildman–Crippen LogP) is 4.06. The summed E-state index contributed by atoms with van der Waals surface area (Å²) < 4.78 is 5.31. The van der Waals surface area contributed by atoms with Gasteiger partial charge in [0.2, 0.25) is 0 Å². The van der Waals surface area contributed by atoms with Crippen LogP contribution in [0.1, 0.15) is 59.8 Å². The Kier molecular flexibility index (Phi) is 4.57. The normalized spacial score (nSPS) is 21.5. The number of hydrogen-bond acceptors (Lipinski definition) is 2. The highest BCUT2D eigenvalue weighted by Gasteiger charge is 2.27. The number of hydrogen-bond donors (Lipinski definition) is 0. The third-order valence-electron chi connectivity index (χ3n) is 3.29. The first-order valence-corrected chi connectivity index (χ1v) is 6.33. The molecule has 2 nitrogen and oxygen atoms in total. The van der Waals surface area contributed by atoms with Crippen LogP contribution >= 0.6 is 0 Å². The van der Waals surface area contributed by atoms with Gasteiger partial charge in [0.15, 0.2) is 0 Å². The molecule has 0 aliphatic heterocycles. The molecule has 0 fully saturated rings. The van der Waals surface area contributed by atoms with Gasteiger partial charge >= 0.3 is 5.97 Å². The average Bonchev–Trinajstić information content (AvgIpc) is 2.17. The maximum atomic E-state index is 11.3. The number of ether oxygens (including phenoxy) is 1. The fraction of sp³-hybridized carbons (Fsp3) is 0.786. The summed E-state index contributed by atoms with van der Waals surface area (Å²) in [6, 6.07) is 0. The van der Waals surface area contributed by atoms with E-state index in [9.17, 15) is 4.79 Å². The molecular weight excluding hydrogens is 200 g/mol. The summed E-state index contributed by atoms with van der Waals surface area (Å²) in [6.45, 7) is 8.82. The van der Waals surface area contributed by atoms with Gasteiger partial charge in [-0.15, -0.1) is 0 Å². The minimum atomic E-state index is -0.0806. The maximum Gasteiger partial charge on any atom is 0.310 e. The van der Waals surface area contributed by atoms with Crippen molar-refractivity contribution in [3.8, 4) is 0 Å². The second kappa shape index (κ2) is 5.51. The lowest BCUT2D eigenvalue weighted by Crippen LogP contribution is -2.23. The summed E-state index contributed by atoms with van der Waals surface area (Å²) in [7, 11) is 0. The van der Waals surface area contributed by atoms with Crippen molar-refractivity contribution in [2.24, 2.45) is 11.3 Å². The van der Waals surface area contributed by atoms with E-state index in [1.165, 1.54) is 0 Å². The zero-order chi connectivity index (χ0) is 12.2. The highest BCUT2D eigenvalue weighted by molar-refractivity contribution is 5.70. The van der Waals surface area contributed by atoms with E-state index in [4.69, 9.17) is 4.74 Å². The Morgan fingerprint density at radius 1 is 1.50 bits per heavy atom. The monoisotopic (exact) mass is 224 g/mol. The van der Waals surface area contributed by atoms with Gasteiger partial charge in [0.25, 0.3) is 0 Å². The van der Waals surface area contributed by atoms with Crippen molar-refractivity contribution < 1.29 is 9.53 Å². The number of carbonyl (C=O) groups is 1. The summed E-state index contributed by atoms with van der Waals surface area (Å²) in [5, 5.41) is 0. The van der Waals surface area contributed by atoms with E-state index in [0.717, 1.165) is 31.4 Å². The molecule has 92 valence electrons. The number of carbonyl (C=O) groups excluding carboxylic acids is 1. The van der Waals surface area contributed by atoms with E-state index in [-0.39, 0.29) is 5.97 Å². The van der Waals surface area contributed by atoms with Crippen LogP contribution in [0.5, 0.6) is 0 Å². The van der Waals surface area contributed by atoms with Crippen LogP contribution in [0.3, 0.4) is 0 Å². The molecule has 16 heavy (non-hydrogen) atoms. The van der Waals surface area contributed by atoms with E-state index in [0.29, 0.717) is 17.8 Å². The molecule has 0 spiro atoms. The number of rotatable bonds is 3. The molecule has 1 atom stereocenters. The predicted molar refractivity (Wildman–Crippen MR) is 65.9 cm³/mol. The van der Waals surface area contributed by atoms with Crippen molar-refractivity contribution >= 4 is 5.97 Å². The number of allylic oxidation sites excluding steroid dienone is 2. The smallest absolute Gasteiger partial charge is 0.310 e. The van der Waals surface area contributed by atoms with Crippen LogP contribution in [0, 0.1) is 11.3 Å². The van der Waals surface area contributed by atoms with Crippen molar-refractivity contribution in [1.82, 2.24) is 0 Å². The summed E-state index contributed by atoms with van der Waals surface area (Å²) in [6.07, 6.45) is 6.58. The van der Waals surface area contributed by atoms with E-state index in [1.54, 1.807) is 0 Å². The Morgan fingerprint density at radius 3 is 2.62 bits per heavy atom. The van der Waals surface area contributed by atoms with Gasteiger partial charge in [-0.3, -0.25) is 4.79 Å². The fourth-order valence-electron chi connectivity index (χ4n) is 2.09. The molecule has 0 N–H and O–H groups in total. The standard InChI is InChI=1S/C14H24O2/c1-5-6-13(15)16-12-9-7-11(8-10-12)14(2,3)4/h9,11H,5-8,10H2,1-4H3. The molecule has 1 aliphatic rings. The van der Waals surface area contributed by atoms with Gasteiger partial charge < -0.3 is 4.74 Å². The first kappa shape index (κ1) is 13.3. The van der Waals surface area contributed by atoms with Gasteiger partial charge in [0.1, 0.15) is 5.76 Å². The van der Waals surface area contributed by atoms with E-state index in [1.807, 2.05) is 6.92 Å². The Bertz CT molecular complexity index is 271. The topological polar surface area (TPSA) is 26.3 Å². The molecule has 0 aromatic rings. The Labute approximate surface area is 99.1 Å². The largest absolute Gasteiger partial charge is 0.431 e. The minimum Gasteiger partial charge on any atom is -0.431 e. The summed E-state index contributed by atoms with van der Waals surface area (Å²) >= 11 is 0. The quantitative estimate of drug-likeness (QED) is 0.676. The molecule has 1 rings (SSSR count). The summed E-state index contributed by atoms with van der Waals surface area (Å²) in [5.74, 6) is 1.52. The van der Waals surface area contributed by atoms with Gasteiger partial charge in [-0.2, -0.15) is 0 Å². The molecule has 0 aromatic carbocycles. The van der Waals surface area contributed by atoms with Crippen LogP contribution < -0.4 is 0 Å². The lowest BCUT2D eigenvalue weighted by atomic mass is 9.74. The number of esters is 1. The highest BCUT2D eigenvalue weighted by Crippen LogP contribution is 2.37. The zero-order valence-corrected chi connectivity index (χ0v) is 11.0. The summed E-state index contributed by atoms with van der Waals surface area (Å²) in [4.78, 5) is 11.3. The van der Waals surface area contributed by atoms with E-state index in [2.05, 4.69) is 26.8 Å². The van der Waals surface area contributed by atoms with Crippen molar-refractivity contribution in [1.29, 1.82) is 0 Å². The Morgan fingerprint density at radius 2 is 2.19 bits per heavy atom. The third kappa shape index (κ3) is 3.99. The first-order chi connectivity index (χ1) is 7.43. The van der Waals surface area contributed by atoms with Gasteiger partial charge in [0.05, 0.1) is 0 Å². The second-order valence-corrected chi connectivity index (χ2v) is 5.73. The van der Waals surface area contributed by atoms with Crippen molar-refractivity contribution in [2.45, 2.75) is 59.8 Å². The minimum absolute atomic E-state index is 0.0806. The van der Waals surface area contributed by atoms with Crippen LogP contribution in [0.4, 0.5) is 0 Å². The SMILES string of the molecule is CCCC(=O)OC1=CCC(C(C)(C)C)CC1. The lowest BCUT2D eigenvalue weighted by molar-refractivity contribution is -0.139. The molecule has 0 heterocycles. The molecule has 0 aromatic heterocycles. The van der Waals surface area contributed by atoms with E-state index < -0.39 is 0 Å². The molecule has 0 saturated carbocycles. The van der Waals surface area contributed by atoms with Gasteiger partial charge in [-0.1, -0.05) is 27.7 Å². The van der Waals surface area contributed by atoms with E-state index >= 15 is 0 Å². The maximum absolute atomic E-state index is 11.3. The zero-order valence-electron chi connectivity index (χ0n) is 11.0. The molecule has 0 radical (unpaired) electrons. The van der Waals surface area contributed by atoms with Crippen LogP contribution in [-0.2, 0) is 9.53 Å². The Hall–Kier alpha value is -0.790. The highest BCUT2D eigenvalue weighted by atomic mass is 16.5. The van der Waals surface area contributed by atoms with Gasteiger partial charge in [-0.25, -0.2) is 0 Å². The van der Waals surface area contributed by atoms with Crippen LogP contribution in [0.2, 0.25) is 0 Å².